The third-order valence-electron chi connectivity index (χ3n) is 2.90. The van der Waals surface area contributed by atoms with E-state index in [4.69, 9.17) is 5.11 Å². The van der Waals surface area contributed by atoms with E-state index in [1.54, 1.807) is 18.3 Å². The number of amides is 1. The van der Waals surface area contributed by atoms with E-state index in [0.29, 0.717) is 5.69 Å². The highest BCUT2D eigenvalue weighted by molar-refractivity contribution is 9.10. The van der Waals surface area contributed by atoms with Crippen molar-refractivity contribution in [2.45, 2.75) is 13.5 Å². The number of carbonyl (C=O) groups excluding carboxylic acids is 1. The van der Waals surface area contributed by atoms with Crippen LogP contribution in [0.25, 0.3) is 0 Å². The molecule has 2 N–H and O–H groups in total. The van der Waals surface area contributed by atoms with Crippen molar-refractivity contribution in [2.24, 2.45) is 0 Å². The second-order valence-corrected chi connectivity index (χ2v) is 5.14. The van der Waals surface area contributed by atoms with E-state index in [0.717, 1.165) is 10.0 Å². The molecule has 0 saturated carbocycles. The van der Waals surface area contributed by atoms with Crippen LogP contribution in [0, 0.1) is 6.92 Å². The summed E-state index contributed by atoms with van der Waals surface area (Å²) in [4.78, 5) is 22.9. The fourth-order valence-corrected chi connectivity index (χ4v) is 2.20. The molecule has 0 aliphatic rings. The first-order valence-electron chi connectivity index (χ1n) is 5.92. The first-order valence-corrected chi connectivity index (χ1v) is 6.71. The van der Waals surface area contributed by atoms with Gasteiger partial charge in [0.1, 0.15) is 12.2 Å². The molecule has 0 atom stereocenters. The molecule has 2 aromatic rings. The average molecular weight is 337 g/mol. The van der Waals surface area contributed by atoms with Crippen LogP contribution < -0.4 is 5.32 Å². The Morgan fingerprint density at radius 2 is 2.05 bits per heavy atom. The van der Waals surface area contributed by atoms with Gasteiger partial charge in [0, 0.05) is 16.4 Å². The normalized spacial score (nSPS) is 10.3. The predicted molar refractivity (Wildman–Crippen MR) is 78.9 cm³/mol. The highest BCUT2D eigenvalue weighted by Gasteiger charge is 2.12. The molecule has 1 aromatic carbocycles. The summed E-state index contributed by atoms with van der Waals surface area (Å²) < 4.78 is 2.30. The molecule has 1 aromatic heterocycles. The van der Waals surface area contributed by atoms with Gasteiger partial charge in [-0.2, -0.15) is 0 Å². The van der Waals surface area contributed by atoms with Crippen molar-refractivity contribution in [1.82, 2.24) is 4.57 Å². The molecule has 0 spiro atoms. The Morgan fingerprint density at radius 1 is 1.30 bits per heavy atom. The number of aromatic carboxylic acids is 1. The molecule has 20 heavy (non-hydrogen) atoms. The van der Waals surface area contributed by atoms with Crippen molar-refractivity contribution in [3.05, 3.63) is 52.3 Å². The van der Waals surface area contributed by atoms with E-state index in [-0.39, 0.29) is 18.1 Å². The maximum atomic E-state index is 12.0. The SMILES string of the molecule is Cc1c(Br)cccc1NC(=O)Cn1cccc1C(=O)O. The van der Waals surface area contributed by atoms with Gasteiger partial charge >= 0.3 is 5.97 Å². The number of anilines is 1. The number of rotatable bonds is 4. The third-order valence-corrected chi connectivity index (χ3v) is 3.76. The van der Waals surface area contributed by atoms with Gasteiger partial charge in [0.05, 0.1) is 0 Å². The zero-order valence-corrected chi connectivity index (χ0v) is 12.3. The van der Waals surface area contributed by atoms with Crippen molar-refractivity contribution >= 4 is 33.5 Å². The molecule has 1 heterocycles. The van der Waals surface area contributed by atoms with Gasteiger partial charge in [0.25, 0.3) is 0 Å². The van der Waals surface area contributed by atoms with Gasteiger partial charge in [0.15, 0.2) is 0 Å². The quantitative estimate of drug-likeness (QED) is 0.901. The summed E-state index contributed by atoms with van der Waals surface area (Å²) in [5.74, 6) is -1.33. The van der Waals surface area contributed by atoms with Gasteiger partial charge in [-0.05, 0) is 36.8 Å². The van der Waals surface area contributed by atoms with Crippen LogP contribution in [-0.4, -0.2) is 21.6 Å². The topological polar surface area (TPSA) is 71.3 Å². The van der Waals surface area contributed by atoms with Crippen LogP contribution in [0.4, 0.5) is 5.69 Å². The number of carboxylic acids is 1. The van der Waals surface area contributed by atoms with Crippen molar-refractivity contribution in [3.63, 3.8) is 0 Å². The summed E-state index contributed by atoms with van der Waals surface area (Å²) in [6.07, 6.45) is 1.57. The Bertz CT molecular complexity index is 664. The monoisotopic (exact) mass is 336 g/mol. The number of aromatic nitrogens is 1. The van der Waals surface area contributed by atoms with Crippen LogP contribution in [-0.2, 0) is 11.3 Å². The van der Waals surface area contributed by atoms with Crippen molar-refractivity contribution in [2.75, 3.05) is 5.32 Å². The fraction of sp³-hybridized carbons (Fsp3) is 0.143. The zero-order chi connectivity index (χ0) is 14.7. The van der Waals surface area contributed by atoms with Gasteiger partial charge in [-0.3, -0.25) is 4.79 Å². The first-order chi connectivity index (χ1) is 9.49. The van der Waals surface area contributed by atoms with Gasteiger partial charge in [-0.15, -0.1) is 0 Å². The van der Waals surface area contributed by atoms with Crippen LogP contribution in [0.15, 0.2) is 41.0 Å². The molecule has 0 unspecified atom stereocenters. The summed E-state index contributed by atoms with van der Waals surface area (Å²) in [5, 5.41) is 11.8. The molecule has 6 heteroatoms. The standard InChI is InChI=1S/C14H13BrN2O3/c1-9-10(15)4-2-5-11(9)16-13(18)8-17-7-3-6-12(17)14(19)20/h2-7H,8H2,1H3,(H,16,18)(H,19,20). The average Bonchev–Trinajstić information content (AvgIpc) is 2.83. The van der Waals surface area contributed by atoms with Crippen molar-refractivity contribution < 1.29 is 14.7 Å². The van der Waals surface area contributed by atoms with E-state index in [2.05, 4.69) is 21.2 Å². The van der Waals surface area contributed by atoms with Crippen LogP contribution in [0.2, 0.25) is 0 Å². The molecule has 0 saturated heterocycles. The molecule has 1 amide bonds. The molecule has 2 rings (SSSR count). The van der Waals surface area contributed by atoms with Crippen LogP contribution >= 0.6 is 15.9 Å². The summed E-state index contributed by atoms with van der Waals surface area (Å²) in [5.41, 5.74) is 1.71. The largest absolute Gasteiger partial charge is 0.477 e. The molecule has 0 fully saturated rings. The molecular weight excluding hydrogens is 324 g/mol. The highest BCUT2D eigenvalue weighted by atomic mass is 79.9. The minimum Gasteiger partial charge on any atom is -0.477 e. The van der Waals surface area contributed by atoms with E-state index in [9.17, 15) is 9.59 Å². The molecular formula is C14H13BrN2O3. The number of carboxylic acid groups (broad SMARTS) is 1. The summed E-state index contributed by atoms with van der Waals surface area (Å²) in [6, 6.07) is 8.57. The maximum Gasteiger partial charge on any atom is 0.352 e. The summed E-state index contributed by atoms with van der Waals surface area (Å²) in [6.45, 7) is 1.85. The highest BCUT2D eigenvalue weighted by Crippen LogP contribution is 2.23. The van der Waals surface area contributed by atoms with Gasteiger partial charge in [-0.1, -0.05) is 22.0 Å². The van der Waals surface area contributed by atoms with Crippen molar-refractivity contribution in [1.29, 1.82) is 0 Å². The lowest BCUT2D eigenvalue weighted by Crippen LogP contribution is -2.21. The van der Waals surface area contributed by atoms with Crippen LogP contribution in [0.5, 0.6) is 0 Å². The van der Waals surface area contributed by atoms with E-state index < -0.39 is 5.97 Å². The van der Waals surface area contributed by atoms with Crippen LogP contribution in [0.1, 0.15) is 16.1 Å². The third kappa shape index (κ3) is 3.08. The molecule has 0 aliphatic heterocycles. The van der Waals surface area contributed by atoms with Crippen LogP contribution in [0.3, 0.4) is 0 Å². The lowest BCUT2D eigenvalue weighted by Gasteiger charge is -2.11. The van der Waals surface area contributed by atoms with Gasteiger partial charge < -0.3 is 15.0 Å². The Morgan fingerprint density at radius 3 is 2.75 bits per heavy atom. The molecule has 0 aliphatic carbocycles. The number of halogens is 1. The second-order valence-electron chi connectivity index (χ2n) is 4.29. The van der Waals surface area contributed by atoms with E-state index in [1.807, 2.05) is 19.1 Å². The Balaban J connectivity index is 2.11. The number of nitrogens with one attached hydrogen (secondary N) is 1. The number of nitrogens with zero attached hydrogens (tertiary/aromatic N) is 1. The second kappa shape index (κ2) is 5.92. The number of carbonyl (C=O) groups is 2. The Labute approximate surface area is 124 Å². The smallest absolute Gasteiger partial charge is 0.352 e. The lowest BCUT2D eigenvalue weighted by molar-refractivity contribution is -0.116. The maximum absolute atomic E-state index is 12.0. The molecule has 0 radical (unpaired) electrons. The number of benzene rings is 1. The zero-order valence-electron chi connectivity index (χ0n) is 10.8. The van der Waals surface area contributed by atoms with E-state index >= 15 is 0 Å². The van der Waals surface area contributed by atoms with Gasteiger partial charge in [0.2, 0.25) is 5.91 Å². The number of hydrogen-bond acceptors (Lipinski definition) is 2. The fourth-order valence-electron chi connectivity index (χ4n) is 1.83. The summed E-state index contributed by atoms with van der Waals surface area (Å²) >= 11 is 3.39. The van der Waals surface area contributed by atoms with Gasteiger partial charge in [-0.25, -0.2) is 4.79 Å². The predicted octanol–water partition coefficient (Wildman–Crippen LogP) is 2.90. The van der Waals surface area contributed by atoms with E-state index in [1.165, 1.54) is 10.6 Å². The minimum absolute atomic E-state index is 0.0411. The Kier molecular flexibility index (Phi) is 4.24. The molecule has 0 bridgehead atoms. The molecule has 5 nitrogen and oxygen atoms in total. The minimum atomic E-state index is -1.05. The lowest BCUT2D eigenvalue weighted by atomic mass is 10.2. The number of hydrogen-bond donors (Lipinski definition) is 2. The molecule has 104 valence electrons. The summed E-state index contributed by atoms with van der Waals surface area (Å²) in [7, 11) is 0. The Hall–Kier alpha value is -2.08. The van der Waals surface area contributed by atoms with Crippen molar-refractivity contribution in [3.8, 4) is 0 Å². The first kappa shape index (κ1) is 14.3.